The van der Waals surface area contributed by atoms with Gasteiger partial charge in [0.25, 0.3) is 0 Å². The van der Waals surface area contributed by atoms with Gasteiger partial charge in [0.15, 0.2) is 0 Å². The SMILES string of the molecule is CCN(CC1CCCO1)S(=O)(=O)c1ccc(C#N)nc1. The fourth-order valence-electron chi connectivity index (χ4n) is 2.16. The minimum Gasteiger partial charge on any atom is -0.377 e. The van der Waals surface area contributed by atoms with Crippen molar-refractivity contribution in [2.75, 3.05) is 19.7 Å². The Hall–Kier alpha value is -1.49. The van der Waals surface area contributed by atoms with Crippen LogP contribution in [0.15, 0.2) is 23.2 Å². The average molecular weight is 295 g/mol. The van der Waals surface area contributed by atoms with Gasteiger partial charge < -0.3 is 4.74 Å². The van der Waals surface area contributed by atoms with Crippen molar-refractivity contribution in [2.24, 2.45) is 0 Å². The molecule has 0 aromatic carbocycles. The van der Waals surface area contributed by atoms with Gasteiger partial charge in [-0.2, -0.15) is 9.57 Å². The molecule has 0 saturated carbocycles. The Labute approximate surface area is 119 Å². The maximum atomic E-state index is 12.5. The van der Waals surface area contributed by atoms with Gasteiger partial charge in [-0.05, 0) is 25.0 Å². The molecule has 20 heavy (non-hydrogen) atoms. The number of nitriles is 1. The molecule has 1 aromatic rings. The third-order valence-corrected chi connectivity index (χ3v) is 5.20. The van der Waals surface area contributed by atoms with Crippen molar-refractivity contribution in [2.45, 2.75) is 30.8 Å². The Kier molecular flexibility index (Phi) is 4.70. The van der Waals surface area contributed by atoms with E-state index in [9.17, 15) is 8.42 Å². The summed E-state index contributed by atoms with van der Waals surface area (Å²) in [6.45, 7) is 3.23. The highest BCUT2D eigenvalue weighted by Gasteiger charge is 2.28. The van der Waals surface area contributed by atoms with E-state index >= 15 is 0 Å². The summed E-state index contributed by atoms with van der Waals surface area (Å²) in [7, 11) is -3.58. The molecule has 1 aromatic heterocycles. The molecule has 0 amide bonds. The van der Waals surface area contributed by atoms with E-state index in [0.29, 0.717) is 19.7 Å². The Balaban J connectivity index is 2.19. The van der Waals surface area contributed by atoms with Crippen molar-refractivity contribution in [3.63, 3.8) is 0 Å². The van der Waals surface area contributed by atoms with Gasteiger partial charge in [0.2, 0.25) is 10.0 Å². The van der Waals surface area contributed by atoms with E-state index in [-0.39, 0.29) is 16.7 Å². The number of sulfonamides is 1. The molecule has 1 saturated heterocycles. The van der Waals surface area contributed by atoms with Crippen molar-refractivity contribution in [1.29, 1.82) is 5.26 Å². The van der Waals surface area contributed by atoms with E-state index in [0.717, 1.165) is 12.8 Å². The summed E-state index contributed by atoms with van der Waals surface area (Å²) >= 11 is 0. The maximum Gasteiger partial charge on any atom is 0.244 e. The smallest absolute Gasteiger partial charge is 0.244 e. The fourth-order valence-corrected chi connectivity index (χ4v) is 3.59. The topological polar surface area (TPSA) is 83.3 Å². The second-order valence-corrected chi connectivity index (χ2v) is 6.52. The van der Waals surface area contributed by atoms with Gasteiger partial charge in [0.05, 0.1) is 6.10 Å². The Bertz CT molecular complexity index is 586. The number of aromatic nitrogens is 1. The summed E-state index contributed by atoms with van der Waals surface area (Å²) < 4.78 is 31.9. The van der Waals surface area contributed by atoms with Crippen LogP contribution in [0, 0.1) is 11.3 Å². The van der Waals surface area contributed by atoms with Crippen LogP contribution in [0.3, 0.4) is 0 Å². The third kappa shape index (κ3) is 3.15. The zero-order valence-corrected chi connectivity index (χ0v) is 12.1. The van der Waals surface area contributed by atoms with Crippen molar-refractivity contribution in [1.82, 2.24) is 9.29 Å². The van der Waals surface area contributed by atoms with Crippen molar-refractivity contribution in [3.05, 3.63) is 24.0 Å². The van der Waals surface area contributed by atoms with Crippen LogP contribution >= 0.6 is 0 Å². The number of hydrogen-bond acceptors (Lipinski definition) is 5. The largest absolute Gasteiger partial charge is 0.377 e. The van der Waals surface area contributed by atoms with Crippen molar-refractivity contribution in [3.8, 4) is 6.07 Å². The first-order valence-corrected chi connectivity index (χ1v) is 8.00. The molecule has 1 unspecified atom stereocenters. The van der Waals surface area contributed by atoms with Crippen LogP contribution < -0.4 is 0 Å². The summed E-state index contributed by atoms with van der Waals surface area (Å²) in [5.41, 5.74) is 0.200. The number of hydrogen-bond donors (Lipinski definition) is 0. The summed E-state index contributed by atoms with van der Waals surface area (Å²) in [5, 5.41) is 8.69. The van der Waals surface area contributed by atoms with Crippen LogP contribution in [0.4, 0.5) is 0 Å². The van der Waals surface area contributed by atoms with Gasteiger partial charge in [0, 0.05) is 25.9 Å². The van der Waals surface area contributed by atoms with Gasteiger partial charge in [-0.3, -0.25) is 0 Å². The summed E-state index contributed by atoms with van der Waals surface area (Å²) in [4.78, 5) is 3.92. The molecule has 0 bridgehead atoms. The van der Waals surface area contributed by atoms with Gasteiger partial charge >= 0.3 is 0 Å². The van der Waals surface area contributed by atoms with Crippen molar-refractivity contribution >= 4 is 10.0 Å². The lowest BCUT2D eigenvalue weighted by atomic mass is 10.2. The molecule has 0 radical (unpaired) electrons. The molecule has 1 aliphatic rings. The lowest BCUT2D eigenvalue weighted by molar-refractivity contribution is 0.0947. The Morgan fingerprint density at radius 3 is 2.85 bits per heavy atom. The molecule has 6 nitrogen and oxygen atoms in total. The molecule has 0 aliphatic carbocycles. The van der Waals surface area contributed by atoms with Crippen LogP contribution in [0.2, 0.25) is 0 Å². The number of rotatable bonds is 5. The Morgan fingerprint density at radius 2 is 2.35 bits per heavy atom. The molecule has 108 valence electrons. The van der Waals surface area contributed by atoms with Crippen LogP contribution in [0.5, 0.6) is 0 Å². The Morgan fingerprint density at radius 1 is 1.55 bits per heavy atom. The predicted molar refractivity (Wildman–Crippen MR) is 72.4 cm³/mol. The highest BCUT2D eigenvalue weighted by atomic mass is 32.2. The number of nitrogens with zero attached hydrogens (tertiary/aromatic N) is 3. The van der Waals surface area contributed by atoms with E-state index in [4.69, 9.17) is 10.00 Å². The van der Waals surface area contributed by atoms with E-state index in [2.05, 4.69) is 4.98 Å². The quantitative estimate of drug-likeness (QED) is 0.813. The zero-order chi connectivity index (χ0) is 14.6. The fraction of sp³-hybridized carbons (Fsp3) is 0.538. The molecule has 1 atom stereocenters. The average Bonchev–Trinajstić information content (AvgIpc) is 2.97. The second kappa shape index (κ2) is 6.31. The first-order chi connectivity index (χ1) is 9.57. The van der Waals surface area contributed by atoms with Crippen LogP contribution in [0.25, 0.3) is 0 Å². The first kappa shape index (κ1) is 14.9. The van der Waals surface area contributed by atoms with E-state index in [1.807, 2.05) is 6.07 Å². The van der Waals surface area contributed by atoms with Gasteiger partial charge in [0.1, 0.15) is 16.7 Å². The molecule has 0 N–H and O–H groups in total. The summed E-state index contributed by atoms with van der Waals surface area (Å²) in [6.07, 6.45) is 3.06. The van der Waals surface area contributed by atoms with E-state index < -0.39 is 10.0 Å². The normalized spacial score (nSPS) is 19.1. The minimum atomic E-state index is -3.58. The van der Waals surface area contributed by atoms with Gasteiger partial charge in [-0.15, -0.1) is 0 Å². The van der Waals surface area contributed by atoms with Gasteiger partial charge in [-0.1, -0.05) is 6.92 Å². The number of ether oxygens (including phenoxy) is 1. The van der Waals surface area contributed by atoms with Crippen molar-refractivity contribution < 1.29 is 13.2 Å². The predicted octanol–water partition coefficient (Wildman–Crippen LogP) is 1.14. The molecule has 1 aliphatic heterocycles. The lowest BCUT2D eigenvalue weighted by Gasteiger charge is -2.23. The standard InChI is InChI=1S/C13H17N3O3S/c1-2-16(10-12-4-3-7-19-12)20(17,18)13-6-5-11(8-14)15-9-13/h5-6,9,12H,2-4,7,10H2,1H3. The second-order valence-electron chi connectivity index (χ2n) is 4.58. The molecule has 7 heteroatoms. The minimum absolute atomic E-state index is 0.0314. The van der Waals surface area contributed by atoms with Crippen LogP contribution in [-0.2, 0) is 14.8 Å². The highest BCUT2D eigenvalue weighted by molar-refractivity contribution is 7.89. The van der Waals surface area contributed by atoms with Crippen LogP contribution in [-0.4, -0.2) is 43.5 Å². The van der Waals surface area contributed by atoms with Crippen LogP contribution in [0.1, 0.15) is 25.5 Å². The highest BCUT2D eigenvalue weighted by Crippen LogP contribution is 2.19. The monoisotopic (exact) mass is 295 g/mol. The van der Waals surface area contributed by atoms with Gasteiger partial charge in [-0.25, -0.2) is 13.4 Å². The number of pyridine rings is 1. The van der Waals surface area contributed by atoms with E-state index in [1.54, 1.807) is 6.92 Å². The summed E-state index contributed by atoms with van der Waals surface area (Å²) in [6, 6.07) is 4.69. The molecule has 0 spiro atoms. The first-order valence-electron chi connectivity index (χ1n) is 6.56. The third-order valence-electron chi connectivity index (χ3n) is 3.27. The molecule has 2 rings (SSSR count). The summed E-state index contributed by atoms with van der Waals surface area (Å²) in [5.74, 6) is 0. The molecular weight excluding hydrogens is 278 g/mol. The molecule has 1 fully saturated rings. The van der Waals surface area contributed by atoms with E-state index in [1.165, 1.54) is 22.6 Å². The molecular formula is C13H17N3O3S. The number of likely N-dealkylation sites (N-methyl/N-ethyl adjacent to an activating group) is 1. The lowest BCUT2D eigenvalue weighted by Crippen LogP contribution is -2.37. The molecule has 2 heterocycles. The maximum absolute atomic E-state index is 12.5. The zero-order valence-electron chi connectivity index (χ0n) is 11.3.